The largest absolute Gasteiger partial charge is 0.336 e. The van der Waals surface area contributed by atoms with Crippen LogP contribution < -0.4 is 0 Å². The molecule has 0 saturated carbocycles. The van der Waals surface area contributed by atoms with Crippen LogP contribution in [0.25, 0.3) is 21.5 Å². The Morgan fingerprint density at radius 3 is 2.64 bits per heavy atom. The first-order valence-corrected chi connectivity index (χ1v) is 11.5. The number of carbonyl (C=O) groups is 1. The van der Waals surface area contributed by atoms with Crippen LogP contribution in [0.1, 0.15) is 18.0 Å². The van der Waals surface area contributed by atoms with Gasteiger partial charge in [-0.25, -0.2) is 9.97 Å². The first-order valence-electron chi connectivity index (χ1n) is 8.86. The summed E-state index contributed by atoms with van der Waals surface area (Å²) in [4.78, 5) is 23.8. The molecule has 2 heterocycles. The Morgan fingerprint density at radius 2 is 1.86 bits per heavy atom. The van der Waals surface area contributed by atoms with Gasteiger partial charge >= 0.3 is 0 Å². The number of para-hydroxylation sites is 1. The summed E-state index contributed by atoms with van der Waals surface area (Å²) in [5, 5.41) is 3.00. The van der Waals surface area contributed by atoms with Gasteiger partial charge in [0.25, 0.3) is 0 Å². The summed E-state index contributed by atoms with van der Waals surface area (Å²) in [6, 6.07) is 18.1. The number of nitrogens with zero attached hydrogens (tertiary/aromatic N) is 3. The molecule has 142 valence electrons. The van der Waals surface area contributed by atoms with Crippen LogP contribution in [0.5, 0.6) is 0 Å². The molecule has 2 aromatic carbocycles. The molecule has 0 fully saturated rings. The topological polar surface area (TPSA) is 46.1 Å². The molecule has 0 bridgehead atoms. The Morgan fingerprint density at radius 1 is 1.11 bits per heavy atom. The van der Waals surface area contributed by atoms with E-state index in [9.17, 15) is 4.79 Å². The van der Waals surface area contributed by atoms with Gasteiger partial charge in [-0.1, -0.05) is 54.2 Å². The van der Waals surface area contributed by atoms with Crippen LogP contribution in [-0.2, 0) is 4.79 Å². The summed E-state index contributed by atoms with van der Waals surface area (Å²) >= 11 is 4.71. The van der Waals surface area contributed by atoms with E-state index in [-0.39, 0.29) is 11.9 Å². The SMILES string of the molecule is C[C@H](c1nc2ccccc2s1)N(C)C(=O)CSc1nc(-c2ccccc2)cs1. The van der Waals surface area contributed by atoms with Crippen molar-refractivity contribution in [3.05, 3.63) is 65.0 Å². The second-order valence-corrected chi connectivity index (χ2v) is 9.50. The van der Waals surface area contributed by atoms with Crippen molar-refractivity contribution in [2.24, 2.45) is 0 Å². The summed E-state index contributed by atoms with van der Waals surface area (Å²) in [6.07, 6.45) is 0. The number of hydrogen-bond donors (Lipinski definition) is 0. The van der Waals surface area contributed by atoms with Gasteiger partial charge in [0, 0.05) is 18.0 Å². The molecule has 4 nitrogen and oxygen atoms in total. The van der Waals surface area contributed by atoms with Gasteiger partial charge < -0.3 is 4.90 Å². The van der Waals surface area contributed by atoms with E-state index in [1.54, 1.807) is 27.6 Å². The zero-order valence-electron chi connectivity index (χ0n) is 15.5. The number of carbonyl (C=O) groups excluding carboxylic acids is 1. The van der Waals surface area contributed by atoms with Gasteiger partial charge in [-0.2, -0.15) is 0 Å². The van der Waals surface area contributed by atoms with Gasteiger partial charge in [0.15, 0.2) is 4.34 Å². The second-order valence-electron chi connectivity index (χ2n) is 6.35. The number of benzene rings is 2. The summed E-state index contributed by atoms with van der Waals surface area (Å²) in [6.45, 7) is 2.02. The van der Waals surface area contributed by atoms with Gasteiger partial charge in [0.2, 0.25) is 5.91 Å². The summed E-state index contributed by atoms with van der Waals surface area (Å²) in [5.74, 6) is 0.446. The molecule has 0 N–H and O–H groups in total. The average Bonchev–Trinajstić information content (AvgIpc) is 3.38. The van der Waals surface area contributed by atoms with Crippen molar-refractivity contribution in [3.63, 3.8) is 0 Å². The summed E-state index contributed by atoms with van der Waals surface area (Å²) in [7, 11) is 1.84. The molecule has 28 heavy (non-hydrogen) atoms. The van der Waals surface area contributed by atoms with Crippen molar-refractivity contribution in [1.82, 2.24) is 14.9 Å². The molecule has 4 aromatic rings. The molecule has 7 heteroatoms. The van der Waals surface area contributed by atoms with Crippen LogP contribution >= 0.6 is 34.4 Å². The van der Waals surface area contributed by atoms with Crippen LogP contribution in [0.3, 0.4) is 0 Å². The fourth-order valence-corrected chi connectivity index (χ4v) is 5.56. The van der Waals surface area contributed by atoms with Crippen molar-refractivity contribution in [2.75, 3.05) is 12.8 Å². The van der Waals surface area contributed by atoms with Crippen LogP contribution in [0, 0.1) is 0 Å². The minimum absolute atomic E-state index is 0.0540. The first kappa shape index (κ1) is 19.1. The van der Waals surface area contributed by atoms with Gasteiger partial charge in [-0.05, 0) is 19.1 Å². The molecular formula is C21H19N3OS3. The second kappa shape index (κ2) is 8.43. The van der Waals surface area contributed by atoms with Crippen molar-refractivity contribution >= 4 is 50.6 Å². The lowest BCUT2D eigenvalue weighted by Crippen LogP contribution is -2.31. The molecule has 0 aliphatic heterocycles. The molecule has 1 amide bonds. The van der Waals surface area contributed by atoms with E-state index in [1.807, 2.05) is 67.9 Å². The highest BCUT2D eigenvalue weighted by Crippen LogP contribution is 2.31. The molecule has 0 aliphatic rings. The van der Waals surface area contributed by atoms with E-state index < -0.39 is 0 Å². The summed E-state index contributed by atoms with van der Waals surface area (Å²) < 4.78 is 2.06. The van der Waals surface area contributed by atoms with Crippen molar-refractivity contribution < 1.29 is 4.79 Å². The molecular weight excluding hydrogens is 406 g/mol. The Hall–Kier alpha value is -2.22. The average molecular weight is 426 g/mol. The smallest absolute Gasteiger partial charge is 0.233 e. The quantitative estimate of drug-likeness (QED) is 0.370. The van der Waals surface area contributed by atoms with Crippen LogP contribution in [0.15, 0.2) is 64.3 Å². The van der Waals surface area contributed by atoms with Crippen molar-refractivity contribution in [1.29, 1.82) is 0 Å². The van der Waals surface area contributed by atoms with Crippen molar-refractivity contribution in [2.45, 2.75) is 17.3 Å². The van der Waals surface area contributed by atoms with Gasteiger partial charge in [-0.15, -0.1) is 22.7 Å². The number of fused-ring (bicyclic) bond motifs is 1. The van der Waals surface area contributed by atoms with Crippen LogP contribution in [-0.4, -0.2) is 33.6 Å². The molecule has 2 aromatic heterocycles. The first-order chi connectivity index (χ1) is 13.6. The third kappa shape index (κ3) is 4.11. The van der Waals surface area contributed by atoms with Gasteiger partial charge in [-0.3, -0.25) is 4.79 Å². The normalized spacial score (nSPS) is 12.2. The molecule has 0 aliphatic carbocycles. The molecule has 4 rings (SSSR count). The van der Waals surface area contributed by atoms with Crippen molar-refractivity contribution in [3.8, 4) is 11.3 Å². The van der Waals surface area contributed by atoms with E-state index in [2.05, 4.69) is 16.0 Å². The molecule has 0 unspecified atom stereocenters. The van der Waals surface area contributed by atoms with E-state index in [1.165, 1.54) is 11.8 Å². The predicted octanol–water partition coefficient (Wildman–Crippen LogP) is 5.73. The molecule has 0 spiro atoms. The predicted molar refractivity (Wildman–Crippen MR) is 119 cm³/mol. The highest BCUT2D eigenvalue weighted by molar-refractivity contribution is 8.01. The molecule has 0 saturated heterocycles. The van der Waals surface area contributed by atoms with Gasteiger partial charge in [0.05, 0.1) is 27.7 Å². The Labute approximate surface area is 176 Å². The third-order valence-electron chi connectivity index (χ3n) is 4.51. The molecule has 1 atom stereocenters. The van der Waals surface area contributed by atoms with E-state index in [0.29, 0.717) is 5.75 Å². The standard InChI is InChI=1S/C21H19N3OS3/c1-14(20-22-16-10-6-7-11-18(16)28-20)24(2)19(25)13-27-21-23-17(12-26-21)15-8-4-3-5-9-15/h3-12,14H,13H2,1-2H3/t14-/m1/s1. The van der Waals surface area contributed by atoms with E-state index in [4.69, 9.17) is 0 Å². The maximum atomic E-state index is 12.7. The maximum absolute atomic E-state index is 12.7. The van der Waals surface area contributed by atoms with Crippen LogP contribution in [0.2, 0.25) is 0 Å². The highest BCUT2D eigenvalue weighted by Gasteiger charge is 2.21. The lowest BCUT2D eigenvalue weighted by Gasteiger charge is -2.22. The van der Waals surface area contributed by atoms with E-state index in [0.717, 1.165) is 30.8 Å². The number of rotatable bonds is 6. The molecule has 0 radical (unpaired) electrons. The Kier molecular flexibility index (Phi) is 5.75. The highest BCUT2D eigenvalue weighted by atomic mass is 32.2. The van der Waals surface area contributed by atoms with E-state index >= 15 is 0 Å². The number of hydrogen-bond acceptors (Lipinski definition) is 6. The zero-order chi connectivity index (χ0) is 19.5. The lowest BCUT2D eigenvalue weighted by molar-refractivity contribution is -0.128. The minimum atomic E-state index is -0.0540. The number of thiazole rings is 2. The fraction of sp³-hybridized carbons (Fsp3) is 0.190. The Balaban J connectivity index is 1.38. The number of thioether (sulfide) groups is 1. The fourth-order valence-electron chi connectivity index (χ4n) is 2.74. The number of aromatic nitrogens is 2. The lowest BCUT2D eigenvalue weighted by atomic mass is 10.2. The monoisotopic (exact) mass is 425 g/mol. The number of amides is 1. The van der Waals surface area contributed by atoms with Crippen LogP contribution in [0.4, 0.5) is 0 Å². The zero-order valence-corrected chi connectivity index (χ0v) is 18.0. The minimum Gasteiger partial charge on any atom is -0.336 e. The Bertz CT molecular complexity index is 1060. The van der Waals surface area contributed by atoms with Gasteiger partial charge in [0.1, 0.15) is 5.01 Å². The third-order valence-corrected chi connectivity index (χ3v) is 7.73. The summed E-state index contributed by atoms with van der Waals surface area (Å²) in [5.41, 5.74) is 3.04. The maximum Gasteiger partial charge on any atom is 0.233 e.